The number of nitrogens with two attached hydrogens (primary N) is 4. The molecule has 1 aromatic carbocycles. The maximum Gasteiger partial charge on any atom is 0.326 e. The van der Waals surface area contributed by atoms with Crippen LogP contribution in [0.5, 0.6) is 0 Å². The number of H-pyrrole nitrogens is 1. The van der Waals surface area contributed by atoms with Crippen LogP contribution in [0, 0.1) is 5.92 Å². The summed E-state index contributed by atoms with van der Waals surface area (Å²) in [6.07, 6.45) is 2.11. The first-order valence-electron chi connectivity index (χ1n) is 21.9. The monoisotopic (exact) mass is 927 g/mol. The first kappa shape index (κ1) is 53.5. The molecule has 2 aromatic rings. The van der Waals surface area contributed by atoms with Gasteiger partial charge in [0.2, 0.25) is 41.4 Å². The molecule has 1 fully saturated rings. The molecule has 0 spiro atoms. The van der Waals surface area contributed by atoms with Crippen molar-refractivity contribution in [2.24, 2.45) is 33.8 Å². The summed E-state index contributed by atoms with van der Waals surface area (Å²) in [4.78, 5) is 125. The summed E-state index contributed by atoms with van der Waals surface area (Å²) in [5.74, 6) is -9.70. The number of carboxylic acids is 2. The van der Waals surface area contributed by atoms with Crippen LogP contribution in [0.4, 0.5) is 0 Å². The van der Waals surface area contributed by atoms with Crippen molar-refractivity contribution in [3.63, 3.8) is 0 Å². The third kappa shape index (κ3) is 17.6. The van der Waals surface area contributed by atoms with Gasteiger partial charge in [-0.25, -0.2) is 4.79 Å². The summed E-state index contributed by atoms with van der Waals surface area (Å²) in [7, 11) is 0. The third-order valence-electron chi connectivity index (χ3n) is 10.8. The second-order valence-electron chi connectivity index (χ2n) is 16.4. The van der Waals surface area contributed by atoms with Crippen molar-refractivity contribution in [1.82, 2.24) is 42.2 Å². The zero-order valence-electron chi connectivity index (χ0n) is 37.2. The van der Waals surface area contributed by atoms with E-state index in [4.69, 9.17) is 22.9 Å². The quantitative estimate of drug-likeness (QED) is 0.0220. The van der Waals surface area contributed by atoms with Crippen LogP contribution in [0.3, 0.4) is 0 Å². The van der Waals surface area contributed by atoms with Crippen molar-refractivity contribution in [3.05, 3.63) is 36.0 Å². The Bertz CT molecular complexity index is 2050. The molecule has 0 aliphatic carbocycles. The van der Waals surface area contributed by atoms with E-state index in [0.717, 1.165) is 17.3 Å². The lowest BCUT2D eigenvalue weighted by Gasteiger charge is -2.28. The molecule has 0 bridgehead atoms. The molecule has 7 amide bonds. The molecule has 1 aromatic heterocycles. The summed E-state index contributed by atoms with van der Waals surface area (Å²) >= 11 is 0. The molecule has 3 rings (SSSR count). The fourth-order valence-electron chi connectivity index (χ4n) is 7.24. The highest BCUT2D eigenvalue weighted by Crippen LogP contribution is 2.20. The summed E-state index contributed by atoms with van der Waals surface area (Å²) in [6.45, 7) is 4.13. The Balaban J connectivity index is 1.83. The van der Waals surface area contributed by atoms with E-state index in [9.17, 15) is 53.4 Å². The van der Waals surface area contributed by atoms with Crippen LogP contribution in [-0.2, 0) is 49.6 Å². The largest absolute Gasteiger partial charge is 0.481 e. The van der Waals surface area contributed by atoms with Gasteiger partial charge in [0.15, 0.2) is 5.96 Å². The highest BCUT2D eigenvalue weighted by Gasteiger charge is 2.36. The number of aromatic nitrogens is 1. The van der Waals surface area contributed by atoms with E-state index in [0.29, 0.717) is 31.4 Å². The molecular formula is C42H65N13O11. The fourth-order valence-corrected chi connectivity index (χ4v) is 7.24. The van der Waals surface area contributed by atoms with Crippen LogP contribution in [0.2, 0.25) is 0 Å². The van der Waals surface area contributed by atoms with Crippen LogP contribution in [-0.4, -0.2) is 136 Å². The maximum absolute atomic E-state index is 14.0. The lowest BCUT2D eigenvalue weighted by Crippen LogP contribution is -2.61. The number of aromatic amines is 1. The maximum atomic E-state index is 14.0. The molecule has 18 N–H and O–H groups in total. The number of carbonyl (C=O) groups excluding carboxylic acids is 7. The van der Waals surface area contributed by atoms with Gasteiger partial charge in [0, 0.05) is 36.5 Å². The zero-order valence-corrected chi connectivity index (χ0v) is 37.2. The Kier molecular flexibility index (Phi) is 21.8. The lowest BCUT2D eigenvalue weighted by molar-refractivity contribution is -0.143. The Morgan fingerprint density at radius 2 is 1.35 bits per heavy atom. The number of benzene rings is 1. The van der Waals surface area contributed by atoms with Crippen molar-refractivity contribution >= 4 is 70.2 Å². The van der Waals surface area contributed by atoms with Crippen LogP contribution >= 0.6 is 0 Å². The number of rotatable bonds is 29. The van der Waals surface area contributed by atoms with Gasteiger partial charge in [0.05, 0.1) is 12.5 Å². The number of unbranched alkanes of at least 4 members (excludes halogenated alkanes) is 1. The summed E-state index contributed by atoms with van der Waals surface area (Å²) < 4.78 is 0. The van der Waals surface area contributed by atoms with E-state index in [1.165, 1.54) is 0 Å². The predicted octanol–water partition coefficient (Wildman–Crippen LogP) is -2.97. The van der Waals surface area contributed by atoms with Gasteiger partial charge in [-0.15, -0.1) is 0 Å². The molecule has 1 aliphatic heterocycles. The molecule has 1 aliphatic rings. The smallest absolute Gasteiger partial charge is 0.326 e. The second kappa shape index (κ2) is 26.8. The summed E-state index contributed by atoms with van der Waals surface area (Å²) in [5, 5.41) is 38.5. The first-order valence-corrected chi connectivity index (χ1v) is 21.9. The zero-order chi connectivity index (χ0) is 48.9. The van der Waals surface area contributed by atoms with E-state index in [1.54, 1.807) is 26.1 Å². The number of aliphatic imine (C=N–C) groups is 1. The standard InChI is InChI=1S/C42H65N13O11/c1-22(2)34(40(64)51-27(11-5-6-16-43)36(60)52-29(41(65)66)13-8-18-48-42(45)46)55-37(61)28(14-15-32(44)56)50-39(63)31(20-33(57)58)54-38(62)30(53-35(59)26-12-7-17-47-26)19-23-21-49-25-10-4-3-9-24(23)25/h3-4,9-10,21-22,26-31,34,47,49H,5-8,11-20,43H2,1-2H3,(H2,44,56)(H,50,63)(H,51,64)(H,52,60)(H,53,59)(H,54,62)(H,55,61)(H,57,58)(H,65,66)(H4,45,46,48)/t26-,27-,28-,29-,30-,31-,34-/m0/s1. The van der Waals surface area contributed by atoms with Crippen LogP contribution in [0.25, 0.3) is 10.9 Å². The minimum atomic E-state index is -1.80. The van der Waals surface area contributed by atoms with E-state index in [1.807, 2.05) is 18.2 Å². The fraction of sp³-hybridized carbons (Fsp3) is 0.571. The normalized spacial score (nSPS) is 16.1. The topological polar surface area (TPSA) is 411 Å². The van der Waals surface area contributed by atoms with Gasteiger partial charge in [-0.2, -0.15) is 0 Å². The Morgan fingerprint density at radius 1 is 0.742 bits per heavy atom. The SMILES string of the molecule is CC(C)[C@H](NC(=O)[C@H](CCC(N)=O)NC(=O)[C@H](CC(=O)O)NC(=O)[C@H](Cc1c[nH]c2ccccc12)NC(=O)[C@@H]1CCCN1)C(=O)N[C@@H](CCCCN)C(=O)N[C@@H](CCCN=C(N)N)C(=O)O. The van der Waals surface area contributed by atoms with E-state index in [-0.39, 0.29) is 44.7 Å². The predicted molar refractivity (Wildman–Crippen MR) is 241 cm³/mol. The van der Waals surface area contributed by atoms with Crippen LogP contribution < -0.4 is 60.2 Å². The van der Waals surface area contributed by atoms with Crippen LogP contribution in [0.15, 0.2) is 35.5 Å². The molecular weight excluding hydrogens is 863 g/mol. The second-order valence-corrected chi connectivity index (χ2v) is 16.4. The molecule has 0 unspecified atom stereocenters. The van der Waals surface area contributed by atoms with Crippen molar-refractivity contribution in [3.8, 4) is 0 Å². The van der Waals surface area contributed by atoms with Gasteiger partial charge in [-0.1, -0.05) is 32.0 Å². The number of carbonyl (C=O) groups is 9. The number of carboxylic acid groups (broad SMARTS) is 2. The molecule has 1 saturated heterocycles. The lowest BCUT2D eigenvalue weighted by atomic mass is 10.00. The number of fused-ring (bicyclic) bond motifs is 1. The van der Waals surface area contributed by atoms with Crippen molar-refractivity contribution < 1.29 is 53.4 Å². The molecule has 364 valence electrons. The number of nitrogens with one attached hydrogen (secondary N) is 8. The number of para-hydroxylation sites is 1. The number of hydrogen-bond donors (Lipinski definition) is 14. The molecule has 0 saturated carbocycles. The number of hydrogen-bond acceptors (Lipinski definition) is 12. The highest BCUT2D eigenvalue weighted by atomic mass is 16.4. The highest BCUT2D eigenvalue weighted by molar-refractivity contribution is 5.98. The molecule has 2 heterocycles. The summed E-state index contributed by atoms with van der Waals surface area (Å²) in [5.41, 5.74) is 23.1. The average Bonchev–Trinajstić information content (AvgIpc) is 3.95. The number of amides is 7. The number of nitrogens with zero attached hydrogens (tertiary/aromatic N) is 1. The first-order chi connectivity index (χ1) is 31.3. The Labute approximate surface area is 381 Å². The van der Waals surface area contributed by atoms with Gasteiger partial charge >= 0.3 is 11.9 Å². The molecule has 0 radical (unpaired) electrons. The van der Waals surface area contributed by atoms with Gasteiger partial charge < -0.3 is 75.3 Å². The van der Waals surface area contributed by atoms with E-state index in [2.05, 4.69) is 47.2 Å². The van der Waals surface area contributed by atoms with Gasteiger partial charge in [0.1, 0.15) is 36.3 Å². The number of aliphatic carboxylic acids is 2. The van der Waals surface area contributed by atoms with Crippen molar-refractivity contribution in [1.29, 1.82) is 0 Å². The van der Waals surface area contributed by atoms with Gasteiger partial charge in [-0.3, -0.25) is 43.3 Å². The van der Waals surface area contributed by atoms with Gasteiger partial charge in [-0.05, 0) is 82.0 Å². The molecule has 24 heteroatoms. The molecule has 24 nitrogen and oxygen atoms in total. The van der Waals surface area contributed by atoms with E-state index < -0.39 is 121 Å². The minimum absolute atomic E-state index is 0.0400. The third-order valence-corrected chi connectivity index (χ3v) is 10.8. The Morgan fingerprint density at radius 3 is 1.97 bits per heavy atom. The van der Waals surface area contributed by atoms with E-state index >= 15 is 0 Å². The van der Waals surface area contributed by atoms with Crippen LogP contribution in [0.1, 0.15) is 83.6 Å². The summed E-state index contributed by atoms with van der Waals surface area (Å²) in [6, 6.07) is -2.02. The minimum Gasteiger partial charge on any atom is -0.481 e. The Hall–Kier alpha value is -6.82. The number of guanidine groups is 1. The average molecular weight is 928 g/mol. The van der Waals surface area contributed by atoms with Crippen molar-refractivity contribution in [2.45, 2.75) is 127 Å². The number of primary amides is 1. The van der Waals surface area contributed by atoms with Gasteiger partial charge in [0.25, 0.3) is 0 Å². The van der Waals surface area contributed by atoms with Crippen molar-refractivity contribution in [2.75, 3.05) is 19.6 Å². The molecule has 66 heavy (non-hydrogen) atoms. The molecule has 7 atom stereocenters.